The van der Waals surface area contributed by atoms with Gasteiger partial charge in [-0.05, 0) is 37.8 Å². The van der Waals surface area contributed by atoms with Crippen LogP contribution < -0.4 is 27.0 Å². The molecule has 3 amide bonds. The zero-order valence-electron chi connectivity index (χ0n) is 18.6. The monoisotopic (exact) mass is 497 g/mol. The molecule has 1 aromatic carbocycles. The van der Waals surface area contributed by atoms with Crippen LogP contribution in [0.15, 0.2) is 35.2 Å². The van der Waals surface area contributed by atoms with Gasteiger partial charge >= 0.3 is 12.0 Å². The lowest BCUT2D eigenvalue weighted by molar-refractivity contribution is -0.142. The molecule has 34 heavy (non-hydrogen) atoms. The summed E-state index contributed by atoms with van der Waals surface area (Å²) in [6, 6.07) is 4.64. The number of carboxylic acids is 1. The van der Waals surface area contributed by atoms with Crippen LogP contribution in [0.3, 0.4) is 0 Å². The third kappa shape index (κ3) is 7.88. The largest absolute Gasteiger partial charge is 0.480 e. The minimum absolute atomic E-state index is 0.0555. The maximum absolute atomic E-state index is 12.9. The highest BCUT2D eigenvalue weighted by Crippen LogP contribution is 2.26. The molecule has 1 saturated heterocycles. The number of sulfonamides is 1. The number of amides is 3. The molecule has 1 fully saturated rings. The highest BCUT2D eigenvalue weighted by atomic mass is 32.2. The van der Waals surface area contributed by atoms with E-state index in [1.54, 1.807) is 18.2 Å². The van der Waals surface area contributed by atoms with Crippen LogP contribution in [0.1, 0.15) is 25.7 Å². The second kappa shape index (κ2) is 12.7. The van der Waals surface area contributed by atoms with Crippen LogP contribution in [0.5, 0.6) is 0 Å². The summed E-state index contributed by atoms with van der Waals surface area (Å²) in [6.45, 7) is 0.584. The first-order chi connectivity index (χ1) is 16.1. The van der Waals surface area contributed by atoms with E-state index >= 15 is 0 Å². The van der Waals surface area contributed by atoms with Gasteiger partial charge in [0.1, 0.15) is 12.1 Å². The molecule has 0 aromatic heterocycles. The normalized spacial score (nSPS) is 16.9. The van der Waals surface area contributed by atoms with E-state index in [0.717, 1.165) is 4.31 Å². The number of hydrogen-bond acceptors (Lipinski definition) is 6. The maximum Gasteiger partial charge on any atom is 0.328 e. The fourth-order valence-corrected chi connectivity index (χ4v) is 5.10. The number of nitrogens with zero attached hydrogens (tertiary/aromatic N) is 1. The van der Waals surface area contributed by atoms with Gasteiger partial charge in [-0.3, -0.25) is 10.2 Å². The average Bonchev–Trinajstić information content (AvgIpc) is 3.30. The maximum atomic E-state index is 12.9. The molecular formula is C20H31N7O6S. The zero-order valence-corrected chi connectivity index (χ0v) is 19.4. The molecule has 2 atom stereocenters. The Morgan fingerprint density at radius 3 is 2.38 bits per heavy atom. The standard InChI is InChI=1S/C20H31N7O6S/c21-19(22)23-10-4-5-11-24-20(31)25-13-15(18(29)30)26-17(28)16-9-6-12-27(16)34(32,33)14-7-2-1-3-8-14/h1-3,7-8,15-16H,4-6,9-13H2,(H,26,28)(H,29,30)(H4,21,22,23)(H2,24,25,31)/t15-,16+/m1/s1. The molecule has 0 radical (unpaired) electrons. The van der Waals surface area contributed by atoms with Gasteiger partial charge in [0, 0.05) is 19.6 Å². The average molecular weight is 498 g/mol. The first kappa shape index (κ1) is 26.9. The number of nitrogens with one attached hydrogen (secondary N) is 5. The molecule has 13 nitrogen and oxygen atoms in total. The fraction of sp³-hybridized carbons (Fsp3) is 0.500. The number of nitrogens with two attached hydrogens (primary N) is 1. The number of unbranched alkanes of at least 4 members (excludes halogenated alkanes) is 1. The van der Waals surface area contributed by atoms with E-state index in [2.05, 4.69) is 21.3 Å². The second-order valence-electron chi connectivity index (χ2n) is 7.67. The van der Waals surface area contributed by atoms with E-state index in [4.69, 9.17) is 11.1 Å². The number of rotatable bonds is 12. The summed E-state index contributed by atoms with van der Waals surface area (Å²) >= 11 is 0. The molecule has 0 aliphatic carbocycles. The van der Waals surface area contributed by atoms with E-state index < -0.39 is 40.0 Å². The lowest BCUT2D eigenvalue weighted by atomic mass is 10.2. The Morgan fingerprint density at radius 2 is 1.76 bits per heavy atom. The van der Waals surface area contributed by atoms with Crippen molar-refractivity contribution >= 4 is 33.9 Å². The van der Waals surface area contributed by atoms with Gasteiger partial charge in [-0.2, -0.15) is 4.31 Å². The molecule has 8 N–H and O–H groups in total. The smallest absolute Gasteiger partial charge is 0.328 e. The molecule has 0 spiro atoms. The Bertz CT molecular complexity index is 973. The minimum Gasteiger partial charge on any atom is -0.480 e. The number of urea groups is 1. The van der Waals surface area contributed by atoms with Crippen LogP contribution in [-0.2, 0) is 19.6 Å². The first-order valence-corrected chi connectivity index (χ1v) is 12.3. The number of carboxylic acid groups (broad SMARTS) is 1. The molecule has 1 aliphatic rings. The molecule has 188 valence electrons. The van der Waals surface area contributed by atoms with Crippen molar-refractivity contribution in [1.82, 2.24) is 25.6 Å². The van der Waals surface area contributed by atoms with E-state index in [-0.39, 0.29) is 30.4 Å². The van der Waals surface area contributed by atoms with Gasteiger partial charge < -0.3 is 32.1 Å². The Kier molecular flexibility index (Phi) is 10.1. The van der Waals surface area contributed by atoms with Crippen LogP contribution in [0.25, 0.3) is 0 Å². The summed E-state index contributed by atoms with van der Waals surface area (Å²) in [7, 11) is -3.91. The van der Waals surface area contributed by atoms with Crippen LogP contribution in [0.4, 0.5) is 4.79 Å². The molecule has 1 aliphatic heterocycles. The molecule has 0 saturated carbocycles. The summed E-state index contributed by atoms with van der Waals surface area (Å²) in [5.74, 6) is -2.23. The third-order valence-corrected chi connectivity index (χ3v) is 7.06. The van der Waals surface area contributed by atoms with Gasteiger partial charge in [-0.1, -0.05) is 18.2 Å². The molecule has 1 aromatic rings. The van der Waals surface area contributed by atoms with Crippen molar-refractivity contribution in [2.45, 2.75) is 42.7 Å². The van der Waals surface area contributed by atoms with Gasteiger partial charge in [0.2, 0.25) is 15.9 Å². The summed E-state index contributed by atoms with van der Waals surface area (Å²) in [5.41, 5.74) is 5.16. The molecule has 0 bridgehead atoms. The van der Waals surface area contributed by atoms with Gasteiger partial charge in [0.15, 0.2) is 5.96 Å². The second-order valence-corrected chi connectivity index (χ2v) is 9.56. The van der Waals surface area contributed by atoms with Crippen molar-refractivity contribution in [3.63, 3.8) is 0 Å². The number of guanidine groups is 1. The van der Waals surface area contributed by atoms with Gasteiger partial charge in [-0.15, -0.1) is 0 Å². The summed E-state index contributed by atoms with van der Waals surface area (Å²) in [5, 5.41) is 26.4. The van der Waals surface area contributed by atoms with Crippen LogP contribution in [-0.4, -0.2) is 80.0 Å². The predicted octanol–water partition coefficient (Wildman–Crippen LogP) is -1.03. The lowest BCUT2D eigenvalue weighted by Gasteiger charge is -2.25. The quantitative estimate of drug-likeness (QED) is 0.108. The van der Waals surface area contributed by atoms with E-state index in [0.29, 0.717) is 32.4 Å². The number of carbonyl (C=O) groups excluding carboxylic acids is 2. The zero-order chi connectivity index (χ0) is 25.1. The molecule has 2 rings (SSSR count). The van der Waals surface area contributed by atoms with Crippen LogP contribution >= 0.6 is 0 Å². The van der Waals surface area contributed by atoms with Crippen molar-refractivity contribution < 1.29 is 27.9 Å². The van der Waals surface area contributed by atoms with Crippen LogP contribution in [0, 0.1) is 5.41 Å². The Balaban J connectivity index is 1.86. The Morgan fingerprint density at radius 1 is 1.12 bits per heavy atom. The van der Waals surface area contributed by atoms with Crippen LogP contribution in [0.2, 0.25) is 0 Å². The predicted molar refractivity (Wildman–Crippen MR) is 123 cm³/mol. The van der Waals surface area contributed by atoms with E-state index in [9.17, 15) is 27.9 Å². The Hall–Kier alpha value is -3.39. The van der Waals surface area contributed by atoms with Gasteiger partial charge in [0.25, 0.3) is 0 Å². The molecule has 0 unspecified atom stereocenters. The van der Waals surface area contributed by atoms with Gasteiger partial charge in [0.05, 0.1) is 11.4 Å². The number of hydrogen-bond donors (Lipinski definition) is 7. The Labute approximate surface area is 198 Å². The SMILES string of the molecule is N=C(N)NCCCCNC(=O)NC[C@@H](NC(=O)[C@@H]1CCCN1S(=O)(=O)c1ccccc1)C(=O)O. The molecule has 1 heterocycles. The van der Waals surface area contributed by atoms with Crippen molar-refractivity contribution in [3.8, 4) is 0 Å². The first-order valence-electron chi connectivity index (χ1n) is 10.8. The van der Waals surface area contributed by atoms with Crippen molar-refractivity contribution in [1.29, 1.82) is 5.41 Å². The fourth-order valence-electron chi connectivity index (χ4n) is 3.42. The highest BCUT2D eigenvalue weighted by Gasteiger charge is 2.40. The number of carbonyl (C=O) groups is 3. The number of benzene rings is 1. The summed E-state index contributed by atoms with van der Waals surface area (Å²) in [6.07, 6.45) is 2.00. The molecular weight excluding hydrogens is 466 g/mol. The lowest BCUT2D eigenvalue weighted by Crippen LogP contribution is -2.54. The van der Waals surface area contributed by atoms with Crippen molar-refractivity contribution in [2.24, 2.45) is 5.73 Å². The topological polar surface area (TPSA) is 207 Å². The highest BCUT2D eigenvalue weighted by molar-refractivity contribution is 7.89. The minimum atomic E-state index is -3.91. The van der Waals surface area contributed by atoms with Crippen molar-refractivity contribution in [2.75, 3.05) is 26.2 Å². The molecule has 14 heteroatoms. The summed E-state index contributed by atoms with van der Waals surface area (Å²) < 4.78 is 26.9. The van der Waals surface area contributed by atoms with Crippen molar-refractivity contribution in [3.05, 3.63) is 30.3 Å². The third-order valence-electron chi connectivity index (χ3n) is 5.14. The number of aliphatic carboxylic acids is 1. The van der Waals surface area contributed by atoms with E-state index in [1.807, 2.05) is 0 Å². The van der Waals surface area contributed by atoms with E-state index in [1.165, 1.54) is 12.1 Å². The summed E-state index contributed by atoms with van der Waals surface area (Å²) in [4.78, 5) is 36.3. The van der Waals surface area contributed by atoms with Gasteiger partial charge in [-0.25, -0.2) is 18.0 Å².